The smallest absolute Gasteiger partial charge is 0.0929 e. The maximum Gasteiger partial charge on any atom is 0.0929 e. The molecule has 0 aromatic carbocycles. The summed E-state index contributed by atoms with van der Waals surface area (Å²) in [6.45, 7) is 7.00. The zero-order valence-corrected chi connectivity index (χ0v) is 17.3. The van der Waals surface area contributed by atoms with E-state index in [4.69, 9.17) is 0 Å². The zero-order chi connectivity index (χ0) is 15.1. The summed E-state index contributed by atoms with van der Waals surface area (Å²) in [5, 5.41) is 0.766. The van der Waals surface area contributed by atoms with Gasteiger partial charge in [-0.1, -0.05) is 6.07 Å². The third-order valence-electron chi connectivity index (χ3n) is 3.30. The molecule has 0 atom stereocenters. The van der Waals surface area contributed by atoms with Crippen molar-refractivity contribution < 1.29 is 0 Å². The van der Waals surface area contributed by atoms with Crippen LogP contribution in [-0.2, 0) is 0 Å². The van der Waals surface area contributed by atoms with Crippen molar-refractivity contribution in [1.82, 2.24) is 4.98 Å². The van der Waals surface area contributed by atoms with Gasteiger partial charge in [0.2, 0.25) is 0 Å². The normalized spacial score (nSPS) is 10.2. The Morgan fingerprint density at radius 2 is 1.40 bits per heavy atom. The third-order valence-corrected chi connectivity index (χ3v) is 12.6. The average Bonchev–Trinajstić information content (AvgIpc) is 2.48. The zero-order valence-electron chi connectivity index (χ0n) is 13.6. The fraction of sp³-hybridized carbons (Fsp3) is 0.706. The van der Waals surface area contributed by atoms with Gasteiger partial charge in [0.1, 0.15) is 0 Å². The summed E-state index contributed by atoms with van der Waals surface area (Å²) in [7, 11) is 0. The number of unbranched alkanes of at least 4 members (excludes halogenated alkanes) is 3. The number of hydrogen-bond acceptors (Lipinski definition) is 2. The van der Waals surface area contributed by atoms with Crippen LogP contribution in [0.3, 0.4) is 0 Å². The van der Waals surface area contributed by atoms with Crippen LogP contribution in [0.4, 0.5) is 0 Å². The first kappa shape index (κ1) is 20.3. The molecule has 20 heavy (non-hydrogen) atoms. The van der Waals surface area contributed by atoms with E-state index in [1.165, 1.54) is 38.5 Å². The molecule has 1 aromatic heterocycles. The summed E-state index contributed by atoms with van der Waals surface area (Å²) < 4.78 is 5.04. The predicted octanol–water partition coefficient (Wildman–Crippen LogP) is 6.25. The van der Waals surface area contributed by atoms with Gasteiger partial charge in [-0.2, -0.15) is 0 Å². The predicted molar refractivity (Wildman–Crippen MR) is 96.4 cm³/mol. The first-order valence-electron chi connectivity index (χ1n) is 8.18. The fourth-order valence-electron chi connectivity index (χ4n) is 2.01. The summed E-state index contributed by atoms with van der Waals surface area (Å²) in [5.41, 5.74) is 0. The molecule has 0 aliphatic carbocycles. The maximum atomic E-state index is 3.97. The molecule has 0 aliphatic rings. The van der Waals surface area contributed by atoms with Crippen molar-refractivity contribution in [2.45, 2.75) is 77.6 Å². The van der Waals surface area contributed by atoms with Crippen LogP contribution < -0.4 is 0 Å². The second-order valence-electron chi connectivity index (χ2n) is 5.25. The minimum absolute atomic E-state index is 0.766. The molecule has 0 spiro atoms. The Labute approximate surface area is 139 Å². The first-order chi connectivity index (χ1) is 9.74. The van der Waals surface area contributed by atoms with Gasteiger partial charge in [0.25, 0.3) is 0 Å². The Hall–Kier alpha value is 0.299. The Morgan fingerprint density at radius 1 is 0.900 bits per heavy atom. The van der Waals surface area contributed by atoms with E-state index in [1.54, 1.807) is 19.5 Å². The molecule has 1 radical (unpaired) electrons. The Morgan fingerprint density at radius 3 is 1.65 bits per heavy atom. The molecule has 0 saturated carbocycles. The molecule has 0 amide bonds. The van der Waals surface area contributed by atoms with Crippen LogP contribution in [-0.4, -0.2) is 24.7 Å². The van der Waals surface area contributed by atoms with Gasteiger partial charge in [-0.05, 0) is 12.1 Å². The average molecular weight is 401 g/mol. The molecule has 1 aromatic rings. The van der Waals surface area contributed by atoms with Gasteiger partial charge in [0, 0.05) is 6.20 Å². The standard InChI is InChI=1S/C5H5NS.3C4H9.Sn/c7-5-3-1-2-4-6-5;3*1-3-4-2;/h1-4H,(H,6,7);3*1,3-4H2,2H3;. The first-order valence-corrected chi connectivity index (χ1v) is 14.7. The molecule has 1 nitrogen and oxygen atoms in total. The van der Waals surface area contributed by atoms with Crippen molar-refractivity contribution >= 4 is 32.4 Å². The van der Waals surface area contributed by atoms with Gasteiger partial charge in [-0.25, -0.2) is 0 Å². The Bertz CT molecular complexity index is 273. The molecule has 3 heteroatoms. The van der Waals surface area contributed by atoms with Crippen molar-refractivity contribution in [3.63, 3.8) is 0 Å². The number of rotatable bonds is 9. The van der Waals surface area contributed by atoms with Crippen molar-refractivity contribution in [3.05, 3.63) is 24.4 Å². The van der Waals surface area contributed by atoms with E-state index < -0.39 is 19.8 Å². The van der Waals surface area contributed by atoms with E-state index in [9.17, 15) is 0 Å². The van der Waals surface area contributed by atoms with E-state index in [-0.39, 0.29) is 0 Å². The van der Waals surface area contributed by atoms with Crippen molar-refractivity contribution in [1.29, 1.82) is 0 Å². The minimum atomic E-state index is -0.839. The third kappa shape index (κ3) is 13.3. The van der Waals surface area contributed by atoms with E-state index >= 15 is 0 Å². The van der Waals surface area contributed by atoms with E-state index in [2.05, 4.69) is 38.4 Å². The van der Waals surface area contributed by atoms with Gasteiger partial charge < -0.3 is 0 Å². The van der Waals surface area contributed by atoms with Gasteiger partial charge in [0.15, 0.2) is 0 Å². The number of hydrogen-bond donors (Lipinski definition) is 1. The molecular weight excluding hydrogens is 369 g/mol. The molecular formula is C17H32NSSn. The number of pyridine rings is 1. The topological polar surface area (TPSA) is 12.9 Å². The second-order valence-corrected chi connectivity index (χ2v) is 14.3. The second kappa shape index (κ2) is 15.7. The van der Waals surface area contributed by atoms with Crippen LogP contribution in [0.5, 0.6) is 0 Å². The van der Waals surface area contributed by atoms with Crippen LogP contribution in [0.2, 0.25) is 13.3 Å². The number of thiol groups is 1. The molecule has 1 heterocycles. The van der Waals surface area contributed by atoms with E-state index in [0.29, 0.717) is 0 Å². The summed E-state index contributed by atoms with van der Waals surface area (Å²) in [6.07, 6.45) is 10.6. The minimum Gasteiger partial charge on any atom is -0.250 e. The van der Waals surface area contributed by atoms with Gasteiger partial charge in [-0.15, -0.1) is 12.6 Å². The van der Waals surface area contributed by atoms with Crippen LogP contribution in [0.1, 0.15) is 59.3 Å². The molecule has 0 N–H and O–H groups in total. The molecule has 0 saturated heterocycles. The monoisotopic (exact) mass is 402 g/mol. The summed E-state index contributed by atoms with van der Waals surface area (Å²) in [5.74, 6) is 0. The summed E-state index contributed by atoms with van der Waals surface area (Å²) >= 11 is 3.13. The molecule has 0 unspecified atom stereocenters. The molecule has 0 fully saturated rings. The SMILES string of the molecule is CCC[CH2][Sn]([CH2]CCC)[CH2]CCC.Sc1ccccn1. The molecule has 115 valence electrons. The summed E-state index contributed by atoms with van der Waals surface area (Å²) in [4.78, 5) is 3.84. The van der Waals surface area contributed by atoms with Crippen molar-refractivity contribution in [3.8, 4) is 0 Å². The quantitative estimate of drug-likeness (QED) is 0.381. The maximum absolute atomic E-state index is 3.97. The number of aromatic nitrogens is 1. The van der Waals surface area contributed by atoms with Gasteiger partial charge in [-0.3, -0.25) is 4.98 Å². The molecule has 0 bridgehead atoms. The van der Waals surface area contributed by atoms with Gasteiger partial charge in [0.05, 0.1) is 5.03 Å². The van der Waals surface area contributed by atoms with Crippen LogP contribution in [0.25, 0.3) is 0 Å². The molecule has 0 aliphatic heterocycles. The van der Waals surface area contributed by atoms with E-state index in [1.807, 2.05) is 18.2 Å². The Balaban J connectivity index is 0.000000428. The van der Waals surface area contributed by atoms with Gasteiger partial charge >= 0.3 is 92.4 Å². The largest absolute Gasteiger partial charge is 0.250 e. The van der Waals surface area contributed by atoms with Crippen LogP contribution in [0.15, 0.2) is 29.4 Å². The van der Waals surface area contributed by atoms with E-state index in [0.717, 1.165) is 5.03 Å². The number of nitrogens with zero attached hydrogens (tertiary/aromatic N) is 1. The molecule has 1 rings (SSSR count). The Kier molecular flexibility index (Phi) is 15.9. The van der Waals surface area contributed by atoms with Crippen LogP contribution >= 0.6 is 12.6 Å². The fourth-order valence-corrected chi connectivity index (χ4v) is 11.6. The summed E-state index contributed by atoms with van der Waals surface area (Å²) in [6, 6.07) is 5.60. The van der Waals surface area contributed by atoms with Crippen LogP contribution in [0, 0.1) is 0 Å². The van der Waals surface area contributed by atoms with Crippen molar-refractivity contribution in [2.24, 2.45) is 0 Å². The van der Waals surface area contributed by atoms with Crippen molar-refractivity contribution in [2.75, 3.05) is 0 Å².